The van der Waals surface area contributed by atoms with Gasteiger partial charge in [-0.25, -0.2) is 8.78 Å². The lowest BCUT2D eigenvalue weighted by atomic mass is 9.79. The third kappa shape index (κ3) is 6.48. The SMILES string of the molecule is O=C(O)CNC(=O)[C@@H]1C[C@H](NC(=O)c2ccc(F)c(B(O)O)c2)CN1C(=O)c1ccc(F)c(B(O)O)c1. The molecule has 0 saturated carbocycles. The van der Waals surface area contributed by atoms with Gasteiger partial charge in [0.25, 0.3) is 11.8 Å². The Bertz CT molecular complexity index is 1230. The van der Waals surface area contributed by atoms with E-state index in [1.807, 2.05) is 0 Å². The van der Waals surface area contributed by atoms with Crippen LogP contribution in [0, 0.1) is 11.6 Å². The summed E-state index contributed by atoms with van der Waals surface area (Å²) < 4.78 is 27.6. The number of carboxylic acids is 1. The first-order valence-corrected chi connectivity index (χ1v) is 10.8. The first kappa shape index (κ1) is 27.7. The zero-order valence-electron chi connectivity index (χ0n) is 19.0. The van der Waals surface area contributed by atoms with Crippen molar-refractivity contribution in [2.75, 3.05) is 13.1 Å². The number of halogens is 2. The number of carboxylic acid groups (broad SMARTS) is 1. The molecule has 37 heavy (non-hydrogen) atoms. The fraction of sp³-hybridized carbons (Fsp3) is 0.238. The lowest BCUT2D eigenvalue weighted by Crippen LogP contribution is -2.47. The zero-order chi connectivity index (χ0) is 27.4. The molecule has 0 unspecified atom stereocenters. The summed E-state index contributed by atoms with van der Waals surface area (Å²) >= 11 is 0. The quantitative estimate of drug-likeness (QED) is 0.174. The standard InChI is InChI=1S/C21H21B2F2N3O9/c24-15-3-1-10(5-13(15)22(34)35)19(31)27-12-7-17(20(32)26-8-18(29)30)28(9-12)21(33)11-2-4-16(25)14(6-11)23(36)37/h1-6,12,17,34-37H,7-9H2,(H,26,32)(H,27,31)(H,29,30)/t12-,17-/m0/s1. The smallest absolute Gasteiger partial charge is 0.480 e. The molecule has 0 aliphatic carbocycles. The second-order valence-electron chi connectivity index (χ2n) is 8.21. The Morgan fingerprint density at radius 1 is 0.919 bits per heavy atom. The van der Waals surface area contributed by atoms with Gasteiger partial charge in [0.1, 0.15) is 24.2 Å². The second kappa shape index (κ2) is 11.5. The summed E-state index contributed by atoms with van der Waals surface area (Å²) in [5, 5.41) is 50.7. The van der Waals surface area contributed by atoms with E-state index in [4.69, 9.17) is 5.11 Å². The second-order valence-corrected chi connectivity index (χ2v) is 8.21. The van der Waals surface area contributed by atoms with Gasteiger partial charge in [0.2, 0.25) is 5.91 Å². The highest BCUT2D eigenvalue weighted by Crippen LogP contribution is 2.22. The normalized spacial score (nSPS) is 16.8. The average Bonchev–Trinajstić information content (AvgIpc) is 3.25. The van der Waals surface area contributed by atoms with Crippen LogP contribution in [-0.4, -0.2) is 93.2 Å². The summed E-state index contributed by atoms with van der Waals surface area (Å²) in [6, 6.07) is 3.54. The summed E-state index contributed by atoms with van der Waals surface area (Å²) in [5.41, 5.74) is -1.46. The lowest BCUT2D eigenvalue weighted by molar-refractivity contribution is -0.138. The number of benzene rings is 2. The summed E-state index contributed by atoms with van der Waals surface area (Å²) in [6.45, 7) is -0.992. The molecule has 1 aliphatic rings. The van der Waals surface area contributed by atoms with E-state index in [1.54, 1.807) is 0 Å². The van der Waals surface area contributed by atoms with Gasteiger partial charge >= 0.3 is 20.2 Å². The molecule has 2 aromatic carbocycles. The number of likely N-dealkylation sites (tertiary alicyclic amines) is 1. The van der Waals surface area contributed by atoms with Crippen LogP contribution in [0.2, 0.25) is 0 Å². The number of rotatable bonds is 8. The Morgan fingerprint density at radius 2 is 1.46 bits per heavy atom. The third-order valence-corrected chi connectivity index (χ3v) is 5.67. The number of amides is 3. The summed E-state index contributed by atoms with van der Waals surface area (Å²) in [5.74, 6) is -5.73. The van der Waals surface area contributed by atoms with Crippen molar-refractivity contribution in [3.63, 3.8) is 0 Å². The van der Waals surface area contributed by atoms with E-state index in [2.05, 4.69) is 10.6 Å². The first-order valence-electron chi connectivity index (χ1n) is 10.8. The van der Waals surface area contributed by atoms with Gasteiger partial charge in [-0.05, 0) is 42.8 Å². The van der Waals surface area contributed by atoms with Crippen LogP contribution in [0.3, 0.4) is 0 Å². The highest BCUT2D eigenvalue weighted by molar-refractivity contribution is 6.59. The van der Waals surface area contributed by atoms with Crippen LogP contribution in [0.5, 0.6) is 0 Å². The molecule has 1 heterocycles. The van der Waals surface area contributed by atoms with E-state index < -0.39 is 79.1 Å². The molecule has 3 rings (SSSR count). The summed E-state index contributed by atoms with van der Waals surface area (Å²) in [4.78, 5) is 50.4. The molecule has 1 saturated heterocycles. The monoisotopic (exact) mass is 519 g/mol. The van der Waals surface area contributed by atoms with Gasteiger partial charge in [-0.3, -0.25) is 19.2 Å². The van der Waals surface area contributed by atoms with Crippen LogP contribution in [0.25, 0.3) is 0 Å². The molecular weight excluding hydrogens is 498 g/mol. The van der Waals surface area contributed by atoms with E-state index >= 15 is 0 Å². The van der Waals surface area contributed by atoms with Gasteiger partial charge in [0.05, 0.1) is 0 Å². The Balaban J connectivity index is 1.85. The number of hydrogen-bond donors (Lipinski definition) is 7. The Hall–Kier alpha value is -3.85. The van der Waals surface area contributed by atoms with Gasteiger partial charge in [-0.1, -0.05) is 0 Å². The van der Waals surface area contributed by atoms with Crippen molar-refractivity contribution in [2.24, 2.45) is 0 Å². The Kier molecular flexibility index (Phi) is 8.60. The number of hydrogen-bond acceptors (Lipinski definition) is 8. The van der Waals surface area contributed by atoms with E-state index in [0.717, 1.165) is 41.3 Å². The number of nitrogens with one attached hydrogen (secondary N) is 2. The van der Waals surface area contributed by atoms with E-state index in [-0.39, 0.29) is 24.1 Å². The predicted octanol–water partition coefficient (Wildman–Crippen LogP) is -3.46. The maximum Gasteiger partial charge on any atom is 0.491 e. The average molecular weight is 519 g/mol. The van der Waals surface area contributed by atoms with E-state index in [9.17, 15) is 48.1 Å². The molecular formula is C21H21B2F2N3O9. The van der Waals surface area contributed by atoms with Crippen molar-refractivity contribution in [3.05, 3.63) is 59.2 Å². The fourth-order valence-corrected chi connectivity index (χ4v) is 3.89. The highest BCUT2D eigenvalue weighted by Gasteiger charge is 2.41. The molecule has 1 aliphatic heterocycles. The van der Waals surface area contributed by atoms with Crippen molar-refractivity contribution in [1.29, 1.82) is 0 Å². The minimum atomic E-state index is -2.22. The Morgan fingerprint density at radius 3 is 2.00 bits per heavy atom. The minimum Gasteiger partial charge on any atom is -0.480 e. The van der Waals surface area contributed by atoms with Crippen molar-refractivity contribution >= 4 is 48.9 Å². The first-order chi connectivity index (χ1) is 17.4. The molecule has 16 heteroatoms. The van der Waals surface area contributed by atoms with Gasteiger partial charge < -0.3 is 40.7 Å². The van der Waals surface area contributed by atoms with Crippen molar-refractivity contribution in [1.82, 2.24) is 15.5 Å². The largest absolute Gasteiger partial charge is 0.491 e. The number of nitrogens with zero attached hydrogens (tertiary/aromatic N) is 1. The van der Waals surface area contributed by atoms with Gasteiger partial charge in [-0.15, -0.1) is 0 Å². The predicted molar refractivity (Wildman–Crippen MR) is 124 cm³/mol. The molecule has 2 aromatic rings. The molecule has 12 nitrogen and oxygen atoms in total. The van der Waals surface area contributed by atoms with Crippen molar-refractivity contribution in [3.8, 4) is 0 Å². The number of aliphatic carboxylic acids is 1. The van der Waals surface area contributed by atoms with E-state index in [1.165, 1.54) is 0 Å². The summed E-state index contributed by atoms with van der Waals surface area (Å²) in [6.07, 6.45) is -0.156. The lowest BCUT2D eigenvalue weighted by Gasteiger charge is -2.24. The van der Waals surface area contributed by atoms with Crippen molar-refractivity contribution in [2.45, 2.75) is 18.5 Å². The molecule has 2 atom stereocenters. The topological polar surface area (TPSA) is 197 Å². The van der Waals surface area contributed by atoms with Crippen LogP contribution in [0.1, 0.15) is 27.1 Å². The molecule has 0 aromatic heterocycles. The fourth-order valence-electron chi connectivity index (χ4n) is 3.89. The Labute approximate surface area is 208 Å². The van der Waals surface area contributed by atoms with Crippen LogP contribution >= 0.6 is 0 Å². The minimum absolute atomic E-state index is 0.138. The zero-order valence-corrected chi connectivity index (χ0v) is 19.0. The molecule has 1 fully saturated rings. The van der Waals surface area contributed by atoms with Gasteiger partial charge in [0.15, 0.2) is 0 Å². The molecule has 0 radical (unpaired) electrons. The van der Waals surface area contributed by atoms with Gasteiger partial charge in [0, 0.05) is 34.6 Å². The van der Waals surface area contributed by atoms with Gasteiger partial charge in [-0.2, -0.15) is 0 Å². The molecule has 194 valence electrons. The summed E-state index contributed by atoms with van der Waals surface area (Å²) in [7, 11) is -4.39. The van der Waals surface area contributed by atoms with E-state index in [0.29, 0.717) is 0 Å². The maximum absolute atomic E-state index is 13.8. The van der Waals surface area contributed by atoms with Crippen LogP contribution in [0.4, 0.5) is 8.78 Å². The molecule has 0 spiro atoms. The van der Waals surface area contributed by atoms with Crippen LogP contribution in [0.15, 0.2) is 36.4 Å². The van der Waals surface area contributed by atoms with Crippen LogP contribution < -0.4 is 21.6 Å². The highest BCUT2D eigenvalue weighted by atomic mass is 19.1. The van der Waals surface area contributed by atoms with Crippen LogP contribution in [-0.2, 0) is 9.59 Å². The molecule has 7 N–H and O–H groups in total. The number of carbonyl (C=O) groups excluding carboxylic acids is 3. The third-order valence-electron chi connectivity index (χ3n) is 5.67. The molecule has 3 amide bonds. The maximum atomic E-state index is 13.8. The van der Waals surface area contributed by atoms with Crippen molar-refractivity contribution < 1.29 is 53.2 Å². The molecule has 0 bridgehead atoms. The number of carbonyl (C=O) groups is 4.